The van der Waals surface area contributed by atoms with E-state index in [0.29, 0.717) is 11.3 Å². The molecule has 0 unspecified atom stereocenters. The molecular formula is C8H11FN2. The Labute approximate surface area is 65.0 Å². The van der Waals surface area contributed by atoms with E-state index in [0.717, 1.165) is 0 Å². The van der Waals surface area contributed by atoms with Crippen LogP contribution >= 0.6 is 0 Å². The molecule has 1 atom stereocenters. The van der Waals surface area contributed by atoms with Crippen molar-refractivity contribution in [3.05, 3.63) is 29.8 Å². The van der Waals surface area contributed by atoms with Gasteiger partial charge in [-0.3, -0.25) is 0 Å². The lowest BCUT2D eigenvalue weighted by Crippen LogP contribution is -2.09. The highest BCUT2D eigenvalue weighted by molar-refractivity contribution is 5.47. The summed E-state index contributed by atoms with van der Waals surface area (Å²) in [7, 11) is 0. The number of anilines is 1. The average Bonchev–Trinajstić information content (AvgIpc) is 2.04. The maximum Gasteiger partial charge on any atom is 0.139 e. The Balaban J connectivity index is 2.93. The molecule has 0 spiro atoms. The molecule has 3 heteroatoms. The molecule has 60 valence electrons. The highest BCUT2D eigenvalue weighted by atomic mass is 19.1. The van der Waals surface area contributed by atoms with Crippen LogP contribution < -0.4 is 11.5 Å². The molecule has 0 aliphatic rings. The van der Waals surface area contributed by atoms with Gasteiger partial charge < -0.3 is 11.5 Å². The summed E-state index contributed by atoms with van der Waals surface area (Å²) in [5.74, 6) is 0. The van der Waals surface area contributed by atoms with Gasteiger partial charge in [0.05, 0.1) is 0 Å². The van der Waals surface area contributed by atoms with E-state index < -0.39 is 6.17 Å². The second-order valence-corrected chi connectivity index (χ2v) is 2.33. The lowest BCUT2D eigenvalue weighted by molar-refractivity contribution is 0.354. The molecule has 1 aromatic rings. The van der Waals surface area contributed by atoms with E-state index in [2.05, 4.69) is 0 Å². The summed E-state index contributed by atoms with van der Waals surface area (Å²) in [4.78, 5) is 0. The maximum absolute atomic E-state index is 12.9. The van der Waals surface area contributed by atoms with E-state index in [9.17, 15) is 4.39 Å². The number of benzene rings is 1. The number of hydrogen-bond acceptors (Lipinski definition) is 2. The molecule has 0 aliphatic carbocycles. The molecule has 1 rings (SSSR count). The topological polar surface area (TPSA) is 52.0 Å². The van der Waals surface area contributed by atoms with Crippen molar-refractivity contribution in [2.45, 2.75) is 6.17 Å². The van der Waals surface area contributed by atoms with E-state index in [-0.39, 0.29) is 6.54 Å². The first-order valence-electron chi connectivity index (χ1n) is 3.44. The molecule has 4 N–H and O–H groups in total. The van der Waals surface area contributed by atoms with Crippen LogP contribution in [0.2, 0.25) is 0 Å². The fourth-order valence-electron chi connectivity index (χ4n) is 0.923. The number of nitrogens with two attached hydrogens (primary N) is 2. The molecular weight excluding hydrogens is 143 g/mol. The standard InChI is InChI=1S/C8H11FN2/c9-7(5-10)6-3-1-2-4-8(6)11/h1-4,7H,5,10-11H2/t7-/m1/s1. The Morgan fingerprint density at radius 1 is 1.36 bits per heavy atom. The van der Waals surface area contributed by atoms with Gasteiger partial charge in [0.1, 0.15) is 6.17 Å². The minimum absolute atomic E-state index is 0.0196. The minimum atomic E-state index is -1.14. The van der Waals surface area contributed by atoms with Crippen molar-refractivity contribution in [3.8, 4) is 0 Å². The number of rotatable bonds is 2. The van der Waals surface area contributed by atoms with Gasteiger partial charge in [-0.2, -0.15) is 0 Å². The fraction of sp³-hybridized carbons (Fsp3) is 0.250. The zero-order valence-electron chi connectivity index (χ0n) is 6.13. The molecule has 11 heavy (non-hydrogen) atoms. The zero-order valence-corrected chi connectivity index (χ0v) is 6.13. The highest BCUT2D eigenvalue weighted by Gasteiger charge is 2.08. The first-order valence-corrected chi connectivity index (χ1v) is 3.44. The summed E-state index contributed by atoms with van der Waals surface area (Å²) in [6.45, 7) is -0.0196. The van der Waals surface area contributed by atoms with Gasteiger partial charge in [-0.15, -0.1) is 0 Å². The lowest BCUT2D eigenvalue weighted by atomic mass is 10.1. The molecule has 2 nitrogen and oxygen atoms in total. The third kappa shape index (κ3) is 1.68. The average molecular weight is 154 g/mol. The van der Waals surface area contributed by atoms with Crippen molar-refractivity contribution in [3.63, 3.8) is 0 Å². The number of para-hydroxylation sites is 1. The van der Waals surface area contributed by atoms with Gasteiger partial charge in [0.2, 0.25) is 0 Å². The molecule has 0 aliphatic heterocycles. The summed E-state index contributed by atoms with van der Waals surface area (Å²) in [6.07, 6.45) is -1.14. The third-order valence-corrected chi connectivity index (χ3v) is 1.54. The smallest absolute Gasteiger partial charge is 0.139 e. The van der Waals surface area contributed by atoms with Crippen molar-refractivity contribution in [2.24, 2.45) is 5.73 Å². The second-order valence-electron chi connectivity index (χ2n) is 2.33. The predicted molar refractivity (Wildman–Crippen MR) is 43.8 cm³/mol. The van der Waals surface area contributed by atoms with Crippen LogP contribution in [0.1, 0.15) is 11.7 Å². The van der Waals surface area contributed by atoms with Gasteiger partial charge in [0, 0.05) is 17.8 Å². The van der Waals surface area contributed by atoms with Gasteiger partial charge >= 0.3 is 0 Å². The van der Waals surface area contributed by atoms with Crippen LogP contribution in [0, 0.1) is 0 Å². The fourth-order valence-corrected chi connectivity index (χ4v) is 0.923. The summed E-state index contributed by atoms with van der Waals surface area (Å²) >= 11 is 0. The summed E-state index contributed by atoms with van der Waals surface area (Å²) in [6, 6.07) is 6.82. The molecule has 0 amide bonds. The van der Waals surface area contributed by atoms with Crippen molar-refractivity contribution in [1.82, 2.24) is 0 Å². The van der Waals surface area contributed by atoms with E-state index in [1.165, 1.54) is 0 Å². The van der Waals surface area contributed by atoms with Crippen molar-refractivity contribution in [1.29, 1.82) is 0 Å². The lowest BCUT2D eigenvalue weighted by Gasteiger charge is -2.07. The van der Waals surface area contributed by atoms with Gasteiger partial charge in [0.25, 0.3) is 0 Å². The Bertz CT molecular complexity index is 237. The largest absolute Gasteiger partial charge is 0.398 e. The van der Waals surface area contributed by atoms with E-state index in [1.807, 2.05) is 0 Å². The van der Waals surface area contributed by atoms with Crippen LogP contribution in [0.5, 0.6) is 0 Å². The van der Waals surface area contributed by atoms with Gasteiger partial charge in [-0.05, 0) is 6.07 Å². The van der Waals surface area contributed by atoms with E-state index in [4.69, 9.17) is 11.5 Å². The molecule has 1 aromatic carbocycles. The van der Waals surface area contributed by atoms with E-state index in [1.54, 1.807) is 24.3 Å². The van der Waals surface area contributed by atoms with Crippen LogP contribution in [0.15, 0.2) is 24.3 Å². The molecule has 0 heterocycles. The SMILES string of the molecule is NC[C@@H](F)c1ccccc1N. The summed E-state index contributed by atoms with van der Waals surface area (Å²) < 4.78 is 12.9. The minimum Gasteiger partial charge on any atom is -0.398 e. The maximum atomic E-state index is 12.9. The molecule has 0 radical (unpaired) electrons. The zero-order chi connectivity index (χ0) is 8.27. The van der Waals surface area contributed by atoms with Crippen LogP contribution in [0.3, 0.4) is 0 Å². The number of halogens is 1. The molecule has 0 fully saturated rings. The Kier molecular flexibility index (Phi) is 2.44. The Hall–Kier alpha value is -1.09. The second kappa shape index (κ2) is 3.34. The quantitative estimate of drug-likeness (QED) is 0.629. The summed E-state index contributed by atoms with van der Waals surface area (Å²) in [5, 5.41) is 0. The molecule has 0 saturated carbocycles. The van der Waals surface area contributed by atoms with Crippen molar-refractivity contribution >= 4 is 5.69 Å². The third-order valence-electron chi connectivity index (χ3n) is 1.54. The van der Waals surface area contributed by atoms with Crippen LogP contribution in [-0.4, -0.2) is 6.54 Å². The van der Waals surface area contributed by atoms with Gasteiger partial charge in [0.15, 0.2) is 0 Å². The van der Waals surface area contributed by atoms with Crippen LogP contribution in [0.4, 0.5) is 10.1 Å². The number of nitrogen functional groups attached to an aromatic ring is 1. The molecule has 0 saturated heterocycles. The molecule has 0 bridgehead atoms. The Morgan fingerprint density at radius 3 is 2.55 bits per heavy atom. The van der Waals surface area contributed by atoms with Gasteiger partial charge in [-0.1, -0.05) is 18.2 Å². The predicted octanol–water partition coefficient (Wildman–Crippen LogP) is 1.24. The normalized spacial score (nSPS) is 12.9. The number of hydrogen-bond donors (Lipinski definition) is 2. The van der Waals surface area contributed by atoms with Crippen LogP contribution in [-0.2, 0) is 0 Å². The van der Waals surface area contributed by atoms with Crippen LogP contribution in [0.25, 0.3) is 0 Å². The van der Waals surface area contributed by atoms with Crippen molar-refractivity contribution in [2.75, 3.05) is 12.3 Å². The highest BCUT2D eigenvalue weighted by Crippen LogP contribution is 2.21. The first-order chi connectivity index (χ1) is 5.25. The Morgan fingerprint density at radius 2 is 2.00 bits per heavy atom. The summed E-state index contributed by atoms with van der Waals surface area (Å²) in [5.41, 5.74) is 11.6. The van der Waals surface area contributed by atoms with Crippen molar-refractivity contribution < 1.29 is 4.39 Å². The molecule has 0 aromatic heterocycles. The first kappa shape index (κ1) is 8.01. The van der Waals surface area contributed by atoms with E-state index >= 15 is 0 Å². The van der Waals surface area contributed by atoms with Gasteiger partial charge in [-0.25, -0.2) is 4.39 Å². The number of alkyl halides is 1. The monoisotopic (exact) mass is 154 g/mol.